The number of fused-ring (bicyclic) bond motifs is 1. The first-order valence-electron chi connectivity index (χ1n) is 24.2. The van der Waals surface area contributed by atoms with Crippen molar-refractivity contribution in [1.82, 2.24) is 15.0 Å². The smallest absolute Gasteiger partial charge is 0.171 e. The molecule has 0 atom stereocenters. The highest BCUT2D eigenvalue weighted by molar-refractivity contribution is 7.85. The van der Waals surface area contributed by atoms with Gasteiger partial charge in [-0.2, -0.15) is 0 Å². The van der Waals surface area contributed by atoms with Gasteiger partial charge in [0, 0.05) is 32.6 Å². The van der Waals surface area contributed by atoms with Gasteiger partial charge in [-0.1, -0.05) is 279 Å². The fourth-order valence-electron chi connectivity index (χ4n) is 9.68. The van der Waals surface area contributed by atoms with Crippen LogP contribution >= 0.6 is 7.14 Å². The standard InChI is InChI=1S/C67H46N3OP/c71-72(58-19-9-3-10-20-58,59-21-11-4-12-22-59)60-43-41-52(42-44-60)51-25-31-53(32-26-51)61-45-46-62(64-24-14-13-23-63(61)64)54-33-39-57(40-34-54)67-69-65(55-35-27-49(28-36-55)47-15-5-1-6-16-47)68-66(70-67)56-37-29-50(30-38-56)48-17-7-2-8-18-48/h1-46H. The van der Waals surface area contributed by atoms with Crippen LogP contribution in [0.3, 0.4) is 0 Å². The Morgan fingerprint density at radius 3 is 0.778 bits per heavy atom. The summed E-state index contributed by atoms with van der Waals surface area (Å²) < 4.78 is 14.9. The van der Waals surface area contributed by atoms with Crippen LogP contribution in [0.4, 0.5) is 0 Å². The second-order valence-corrected chi connectivity index (χ2v) is 20.6. The first kappa shape index (κ1) is 44.1. The SMILES string of the molecule is O=P(c1ccccc1)(c1ccccc1)c1ccc(-c2ccc(-c3ccc(-c4ccc(-c5nc(-c6ccc(-c7ccccc7)cc6)nc(-c6ccc(-c7ccccc7)cc6)n5)cc4)c4ccccc34)cc2)cc1. The molecule has 0 aliphatic heterocycles. The van der Waals surface area contributed by atoms with Crippen molar-refractivity contribution in [2.24, 2.45) is 0 Å². The predicted molar refractivity (Wildman–Crippen MR) is 300 cm³/mol. The molecular formula is C67H46N3OP. The third kappa shape index (κ3) is 8.66. The van der Waals surface area contributed by atoms with Crippen LogP contribution in [0.2, 0.25) is 0 Å². The van der Waals surface area contributed by atoms with Gasteiger partial charge in [-0.25, -0.2) is 15.0 Å². The lowest BCUT2D eigenvalue weighted by molar-refractivity contribution is 0.592. The zero-order valence-corrected chi connectivity index (χ0v) is 40.1. The molecule has 0 saturated heterocycles. The predicted octanol–water partition coefficient (Wildman–Crippen LogP) is 16.0. The topological polar surface area (TPSA) is 55.7 Å². The Hall–Kier alpha value is -9.08. The van der Waals surface area contributed by atoms with E-state index in [1.165, 1.54) is 16.3 Å². The van der Waals surface area contributed by atoms with Gasteiger partial charge in [-0.15, -0.1) is 0 Å². The number of hydrogen-bond acceptors (Lipinski definition) is 4. The molecule has 12 rings (SSSR count). The summed E-state index contributed by atoms with van der Waals surface area (Å²) in [7, 11) is -3.05. The van der Waals surface area contributed by atoms with Crippen molar-refractivity contribution >= 4 is 33.8 Å². The Balaban J connectivity index is 0.838. The van der Waals surface area contributed by atoms with Crippen LogP contribution in [-0.4, -0.2) is 15.0 Å². The van der Waals surface area contributed by atoms with Crippen LogP contribution in [0.5, 0.6) is 0 Å². The quantitative estimate of drug-likeness (QED) is 0.121. The minimum Gasteiger partial charge on any atom is -0.309 e. The van der Waals surface area contributed by atoms with Crippen molar-refractivity contribution in [2.45, 2.75) is 0 Å². The van der Waals surface area contributed by atoms with Crippen molar-refractivity contribution in [3.05, 3.63) is 279 Å². The van der Waals surface area contributed by atoms with Crippen LogP contribution in [0.25, 0.3) is 101 Å². The molecular weight excluding hydrogens is 894 g/mol. The summed E-state index contributed by atoms with van der Waals surface area (Å²) in [6, 6.07) is 95.9. The van der Waals surface area contributed by atoms with E-state index in [1.54, 1.807) is 0 Å². The number of aromatic nitrogens is 3. The lowest BCUT2D eigenvalue weighted by Crippen LogP contribution is -2.24. The van der Waals surface area contributed by atoms with Gasteiger partial charge in [0.1, 0.15) is 0 Å². The average Bonchev–Trinajstić information content (AvgIpc) is 3.48. The molecule has 1 heterocycles. The molecule has 340 valence electrons. The summed E-state index contributed by atoms with van der Waals surface area (Å²) >= 11 is 0. The Morgan fingerprint density at radius 1 is 0.208 bits per heavy atom. The molecule has 5 heteroatoms. The van der Waals surface area contributed by atoms with Gasteiger partial charge in [-0.3, -0.25) is 0 Å². The lowest BCUT2D eigenvalue weighted by Gasteiger charge is -2.20. The van der Waals surface area contributed by atoms with E-state index in [-0.39, 0.29) is 0 Å². The fraction of sp³-hybridized carbons (Fsp3) is 0. The summed E-state index contributed by atoms with van der Waals surface area (Å²) in [5, 5.41) is 4.82. The largest absolute Gasteiger partial charge is 0.309 e. The fourth-order valence-corrected chi connectivity index (χ4v) is 12.3. The van der Waals surface area contributed by atoms with E-state index in [9.17, 15) is 4.57 Å². The van der Waals surface area contributed by atoms with E-state index >= 15 is 0 Å². The van der Waals surface area contributed by atoms with Crippen LogP contribution in [0.1, 0.15) is 0 Å². The summed E-state index contributed by atoms with van der Waals surface area (Å²) in [5.41, 5.74) is 14.1. The van der Waals surface area contributed by atoms with Gasteiger partial charge in [0.2, 0.25) is 0 Å². The van der Waals surface area contributed by atoms with Gasteiger partial charge >= 0.3 is 0 Å². The number of hydrogen-bond donors (Lipinski definition) is 0. The molecule has 0 unspecified atom stereocenters. The van der Waals surface area contributed by atoms with Crippen LogP contribution in [0.15, 0.2) is 279 Å². The third-order valence-corrected chi connectivity index (χ3v) is 16.6. The van der Waals surface area contributed by atoms with Crippen molar-refractivity contribution in [3.63, 3.8) is 0 Å². The van der Waals surface area contributed by atoms with E-state index in [2.05, 4.69) is 194 Å². The zero-order valence-electron chi connectivity index (χ0n) is 39.3. The average molecular weight is 940 g/mol. The van der Waals surface area contributed by atoms with E-state index in [0.717, 1.165) is 82.7 Å². The highest BCUT2D eigenvalue weighted by Gasteiger charge is 2.29. The van der Waals surface area contributed by atoms with E-state index in [4.69, 9.17) is 15.0 Å². The van der Waals surface area contributed by atoms with Crippen LogP contribution in [0, 0.1) is 0 Å². The van der Waals surface area contributed by atoms with Crippen molar-refractivity contribution < 1.29 is 4.57 Å². The summed E-state index contributed by atoms with van der Waals surface area (Å²) in [6.45, 7) is 0. The first-order chi connectivity index (χ1) is 35.5. The van der Waals surface area contributed by atoms with E-state index < -0.39 is 7.14 Å². The van der Waals surface area contributed by atoms with Gasteiger partial charge < -0.3 is 4.57 Å². The van der Waals surface area contributed by atoms with Crippen molar-refractivity contribution in [2.75, 3.05) is 0 Å². The molecule has 4 nitrogen and oxygen atoms in total. The van der Waals surface area contributed by atoms with Crippen LogP contribution < -0.4 is 15.9 Å². The maximum Gasteiger partial charge on any atom is 0.171 e. The molecule has 0 radical (unpaired) electrons. The van der Waals surface area contributed by atoms with Gasteiger partial charge in [0.25, 0.3) is 0 Å². The second kappa shape index (κ2) is 19.4. The third-order valence-electron chi connectivity index (χ3n) is 13.5. The molecule has 1 aromatic heterocycles. The maximum absolute atomic E-state index is 14.9. The molecule has 11 aromatic carbocycles. The maximum atomic E-state index is 14.9. The van der Waals surface area contributed by atoms with Crippen LogP contribution in [-0.2, 0) is 4.57 Å². The summed E-state index contributed by atoms with van der Waals surface area (Å²) in [4.78, 5) is 15.2. The Kier molecular flexibility index (Phi) is 11.9. The molecule has 0 aliphatic carbocycles. The highest BCUT2D eigenvalue weighted by atomic mass is 31.2. The minimum atomic E-state index is -3.05. The second-order valence-electron chi connectivity index (χ2n) is 17.9. The minimum absolute atomic E-state index is 0.611. The molecule has 0 fully saturated rings. The molecule has 0 bridgehead atoms. The summed E-state index contributed by atoms with van der Waals surface area (Å²) in [5.74, 6) is 1.85. The Labute approximate surface area is 420 Å². The molecule has 0 N–H and O–H groups in total. The number of benzene rings is 11. The Morgan fingerprint density at radius 2 is 0.444 bits per heavy atom. The van der Waals surface area contributed by atoms with E-state index in [0.29, 0.717) is 17.5 Å². The molecule has 12 aromatic rings. The molecule has 0 aliphatic rings. The van der Waals surface area contributed by atoms with Crippen molar-refractivity contribution in [1.29, 1.82) is 0 Å². The molecule has 0 spiro atoms. The number of nitrogens with zero attached hydrogens (tertiary/aromatic N) is 3. The highest BCUT2D eigenvalue weighted by Crippen LogP contribution is 2.43. The molecule has 72 heavy (non-hydrogen) atoms. The zero-order chi connectivity index (χ0) is 48.3. The van der Waals surface area contributed by atoms with Gasteiger partial charge in [0.05, 0.1) is 0 Å². The molecule has 0 amide bonds. The summed E-state index contributed by atoms with van der Waals surface area (Å²) in [6.07, 6.45) is 0. The monoisotopic (exact) mass is 939 g/mol. The normalized spacial score (nSPS) is 11.4. The van der Waals surface area contributed by atoms with Gasteiger partial charge in [-0.05, 0) is 66.4 Å². The van der Waals surface area contributed by atoms with Gasteiger partial charge in [0.15, 0.2) is 24.6 Å². The van der Waals surface area contributed by atoms with Crippen molar-refractivity contribution in [3.8, 4) is 89.8 Å². The Bertz CT molecular complexity index is 3720. The molecule has 0 saturated carbocycles. The first-order valence-corrected chi connectivity index (χ1v) is 25.9. The van der Waals surface area contributed by atoms with E-state index in [1.807, 2.05) is 84.9 Å². The lowest BCUT2D eigenvalue weighted by atomic mass is 9.91. The number of rotatable bonds is 11.